The van der Waals surface area contributed by atoms with Crippen LogP contribution in [-0.2, 0) is 0 Å². The molecule has 5 heteroatoms. The highest BCUT2D eigenvalue weighted by molar-refractivity contribution is 5.91. The average molecular weight is 356 g/mol. The highest BCUT2D eigenvalue weighted by Crippen LogP contribution is 2.28. The van der Waals surface area contributed by atoms with Gasteiger partial charge in [-0.1, -0.05) is 38.1 Å². The highest BCUT2D eigenvalue weighted by Gasteiger charge is 2.12. The molecular formula is C21H28N2O3. The van der Waals surface area contributed by atoms with Crippen LogP contribution in [-0.4, -0.2) is 26.3 Å². The van der Waals surface area contributed by atoms with E-state index >= 15 is 0 Å². The van der Waals surface area contributed by atoms with E-state index in [-0.39, 0.29) is 6.03 Å². The van der Waals surface area contributed by atoms with Gasteiger partial charge in [0.2, 0.25) is 0 Å². The highest BCUT2D eigenvalue weighted by atomic mass is 16.5. The summed E-state index contributed by atoms with van der Waals surface area (Å²) < 4.78 is 11.0. The molecule has 0 aliphatic heterocycles. The quantitative estimate of drug-likeness (QED) is 0.711. The molecule has 0 spiro atoms. The molecule has 0 radical (unpaired) electrons. The van der Waals surface area contributed by atoms with E-state index in [1.54, 1.807) is 7.11 Å². The molecule has 0 fully saturated rings. The van der Waals surface area contributed by atoms with Crippen molar-refractivity contribution in [2.75, 3.05) is 25.6 Å². The fraction of sp³-hybridized carbons (Fsp3) is 0.381. The molecule has 2 aromatic rings. The number of ether oxygens (including phenoxy) is 2. The number of anilines is 1. The average Bonchev–Trinajstić information content (AvgIpc) is 2.61. The number of nitrogens with one attached hydrogen (secondary N) is 2. The number of para-hydroxylation sites is 1. The molecule has 0 saturated heterocycles. The first-order valence-electron chi connectivity index (χ1n) is 8.84. The van der Waals surface area contributed by atoms with Crippen LogP contribution in [0.15, 0.2) is 36.4 Å². The van der Waals surface area contributed by atoms with Gasteiger partial charge in [-0.15, -0.1) is 0 Å². The van der Waals surface area contributed by atoms with E-state index in [4.69, 9.17) is 9.47 Å². The van der Waals surface area contributed by atoms with Crippen LogP contribution in [0.2, 0.25) is 0 Å². The first-order valence-corrected chi connectivity index (χ1v) is 8.84. The molecule has 0 atom stereocenters. The smallest absolute Gasteiger partial charge is 0.319 e. The van der Waals surface area contributed by atoms with Gasteiger partial charge in [0.25, 0.3) is 0 Å². The van der Waals surface area contributed by atoms with E-state index in [9.17, 15) is 4.79 Å². The second-order valence-electron chi connectivity index (χ2n) is 6.58. The molecule has 0 saturated carbocycles. The van der Waals surface area contributed by atoms with Crippen molar-refractivity contribution in [3.63, 3.8) is 0 Å². The summed E-state index contributed by atoms with van der Waals surface area (Å²) in [4.78, 5) is 12.2. The summed E-state index contributed by atoms with van der Waals surface area (Å²) in [7, 11) is 1.61. The monoisotopic (exact) mass is 356 g/mol. The zero-order valence-corrected chi connectivity index (χ0v) is 16.2. The van der Waals surface area contributed by atoms with Gasteiger partial charge in [-0.3, -0.25) is 0 Å². The molecule has 0 aromatic heterocycles. The van der Waals surface area contributed by atoms with E-state index in [2.05, 4.69) is 24.5 Å². The van der Waals surface area contributed by atoms with Crippen molar-refractivity contribution in [3.05, 3.63) is 53.1 Å². The summed E-state index contributed by atoms with van der Waals surface area (Å²) in [6.07, 6.45) is 0. The Hall–Kier alpha value is -2.69. The van der Waals surface area contributed by atoms with Gasteiger partial charge in [0.15, 0.2) is 11.5 Å². The Morgan fingerprint density at radius 3 is 2.58 bits per heavy atom. The lowest BCUT2D eigenvalue weighted by Gasteiger charge is -2.17. The standard InChI is InChI=1S/C21H28N2O3/c1-14(2)17-8-6-7-16(4)20(17)23-21(24)22-11-12-26-18-10-9-15(3)13-19(18)25-5/h6-10,13-14H,11-12H2,1-5H3,(H2,22,23,24). The third-order valence-electron chi connectivity index (χ3n) is 4.13. The number of aryl methyl sites for hydroxylation is 2. The minimum atomic E-state index is -0.235. The topological polar surface area (TPSA) is 59.6 Å². The number of hydrogen-bond donors (Lipinski definition) is 2. The second-order valence-corrected chi connectivity index (χ2v) is 6.58. The van der Waals surface area contributed by atoms with E-state index in [1.807, 2.05) is 50.2 Å². The molecule has 0 bridgehead atoms. The molecule has 2 N–H and O–H groups in total. The van der Waals surface area contributed by atoms with Gasteiger partial charge in [-0.2, -0.15) is 0 Å². The van der Waals surface area contributed by atoms with Gasteiger partial charge >= 0.3 is 6.03 Å². The number of benzene rings is 2. The van der Waals surface area contributed by atoms with Crippen molar-refractivity contribution in [3.8, 4) is 11.5 Å². The number of rotatable bonds is 7. The third kappa shape index (κ3) is 5.15. The maximum Gasteiger partial charge on any atom is 0.319 e. The molecule has 140 valence electrons. The lowest BCUT2D eigenvalue weighted by Crippen LogP contribution is -2.32. The molecule has 5 nitrogen and oxygen atoms in total. The van der Waals surface area contributed by atoms with Crippen LogP contribution in [0.25, 0.3) is 0 Å². The molecule has 2 amide bonds. The summed E-state index contributed by atoms with van der Waals surface area (Å²) in [5.41, 5.74) is 4.15. The van der Waals surface area contributed by atoms with Crippen molar-refractivity contribution in [1.82, 2.24) is 5.32 Å². The molecular weight excluding hydrogens is 328 g/mol. The first-order chi connectivity index (χ1) is 12.4. The van der Waals surface area contributed by atoms with E-state index < -0.39 is 0 Å². The van der Waals surface area contributed by atoms with E-state index in [1.165, 1.54) is 0 Å². The van der Waals surface area contributed by atoms with Gasteiger partial charge in [-0.25, -0.2) is 4.79 Å². The molecule has 26 heavy (non-hydrogen) atoms. The van der Waals surface area contributed by atoms with Crippen LogP contribution in [0.4, 0.5) is 10.5 Å². The van der Waals surface area contributed by atoms with Crippen LogP contribution < -0.4 is 20.1 Å². The van der Waals surface area contributed by atoms with Gasteiger partial charge in [0.1, 0.15) is 6.61 Å². The van der Waals surface area contributed by atoms with Gasteiger partial charge in [0, 0.05) is 5.69 Å². The Morgan fingerprint density at radius 2 is 1.88 bits per heavy atom. The number of methoxy groups -OCH3 is 1. The Bertz CT molecular complexity index is 757. The Balaban J connectivity index is 1.87. The van der Waals surface area contributed by atoms with Crippen LogP contribution in [0.1, 0.15) is 36.5 Å². The van der Waals surface area contributed by atoms with Crippen molar-refractivity contribution in [2.45, 2.75) is 33.6 Å². The van der Waals surface area contributed by atoms with Crippen LogP contribution in [0.5, 0.6) is 11.5 Å². The summed E-state index contributed by atoms with van der Waals surface area (Å²) in [5, 5.41) is 5.79. The Labute approximate surface area is 155 Å². The van der Waals surface area contributed by atoms with Gasteiger partial charge < -0.3 is 20.1 Å². The lowest BCUT2D eigenvalue weighted by molar-refractivity contribution is 0.246. The molecule has 0 aliphatic carbocycles. The summed E-state index contributed by atoms with van der Waals surface area (Å²) in [6, 6.07) is 11.6. The zero-order valence-electron chi connectivity index (χ0n) is 16.2. The number of carbonyl (C=O) groups excluding carboxylic acids is 1. The largest absolute Gasteiger partial charge is 0.493 e. The lowest BCUT2D eigenvalue weighted by atomic mass is 9.98. The molecule has 0 aliphatic rings. The number of urea groups is 1. The van der Waals surface area contributed by atoms with Crippen molar-refractivity contribution in [2.24, 2.45) is 0 Å². The van der Waals surface area contributed by atoms with Crippen molar-refractivity contribution < 1.29 is 14.3 Å². The zero-order chi connectivity index (χ0) is 19.1. The molecule has 2 rings (SSSR count). The van der Waals surface area contributed by atoms with Crippen molar-refractivity contribution in [1.29, 1.82) is 0 Å². The summed E-state index contributed by atoms with van der Waals surface area (Å²) in [6.45, 7) is 8.97. The maximum atomic E-state index is 12.2. The Morgan fingerprint density at radius 1 is 1.12 bits per heavy atom. The second kappa shape index (κ2) is 9.13. The van der Waals surface area contributed by atoms with Crippen molar-refractivity contribution >= 4 is 11.7 Å². The van der Waals surface area contributed by atoms with Crippen LogP contribution >= 0.6 is 0 Å². The van der Waals surface area contributed by atoms with E-state index in [0.29, 0.717) is 30.6 Å². The number of amides is 2. The number of carbonyl (C=O) groups is 1. The normalized spacial score (nSPS) is 10.5. The molecule has 0 unspecified atom stereocenters. The molecule has 2 aromatic carbocycles. The number of hydrogen-bond acceptors (Lipinski definition) is 3. The maximum absolute atomic E-state index is 12.2. The Kier molecular flexibility index (Phi) is 6.89. The first kappa shape index (κ1) is 19.6. The SMILES string of the molecule is COc1cc(C)ccc1OCCNC(=O)Nc1c(C)cccc1C(C)C. The minimum absolute atomic E-state index is 0.235. The summed E-state index contributed by atoms with van der Waals surface area (Å²) in [5.74, 6) is 1.69. The van der Waals surface area contributed by atoms with Crippen LogP contribution in [0, 0.1) is 13.8 Å². The fourth-order valence-electron chi connectivity index (χ4n) is 2.72. The minimum Gasteiger partial charge on any atom is -0.493 e. The predicted molar refractivity (Wildman–Crippen MR) is 106 cm³/mol. The van der Waals surface area contributed by atoms with Gasteiger partial charge in [-0.05, 0) is 48.6 Å². The molecule has 0 heterocycles. The van der Waals surface area contributed by atoms with E-state index in [0.717, 1.165) is 22.4 Å². The van der Waals surface area contributed by atoms with Crippen LogP contribution in [0.3, 0.4) is 0 Å². The fourth-order valence-corrected chi connectivity index (χ4v) is 2.72. The summed E-state index contributed by atoms with van der Waals surface area (Å²) >= 11 is 0. The predicted octanol–water partition coefficient (Wildman–Crippen LogP) is 4.64. The van der Waals surface area contributed by atoms with Gasteiger partial charge in [0.05, 0.1) is 13.7 Å². The third-order valence-corrected chi connectivity index (χ3v) is 4.13.